The summed E-state index contributed by atoms with van der Waals surface area (Å²) in [6, 6.07) is 4.38. The molecule has 104 valence electrons. The van der Waals surface area contributed by atoms with Crippen molar-refractivity contribution in [3.63, 3.8) is 0 Å². The SMILES string of the molecule is CCC1C(=O)NCCN1c1cccc(F)c1[C@@H](C)O. The van der Waals surface area contributed by atoms with Crippen LogP contribution in [0.5, 0.6) is 0 Å². The lowest BCUT2D eigenvalue weighted by atomic mass is 10.0. The lowest BCUT2D eigenvalue weighted by molar-refractivity contribution is -0.123. The van der Waals surface area contributed by atoms with Crippen LogP contribution in [-0.2, 0) is 4.79 Å². The number of rotatable bonds is 3. The highest BCUT2D eigenvalue weighted by molar-refractivity contribution is 5.86. The summed E-state index contributed by atoms with van der Waals surface area (Å²) in [6.45, 7) is 4.61. The molecule has 0 saturated carbocycles. The fourth-order valence-electron chi connectivity index (χ4n) is 2.60. The van der Waals surface area contributed by atoms with Crippen molar-refractivity contribution in [3.8, 4) is 0 Å². The van der Waals surface area contributed by atoms with E-state index in [4.69, 9.17) is 0 Å². The molecular weight excluding hydrogens is 247 g/mol. The Morgan fingerprint density at radius 2 is 2.32 bits per heavy atom. The molecule has 1 heterocycles. The summed E-state index contributed by atoms with van der Waals surface area (Å²) < 4.78 is 13.9. The number of piperazine rings is 1. The second-order valence-corrected chi connectivity index (χ2v) is 4.76. The molecule has 1 aliphatic rings. The summed E-state index contributed by atoms with van der Waals surface area (Å²) in [5.41, 5.74) is 0.868. The van der Waals surface area contributed by atoms with E-state index in [9.17, 15) is 14.3 Å². The predicted molar refractivity (Wildman–Crippen MR) is 71.5 cm³/mol. The minimum absolute atomic E-state index is 0.0467. The van der Waals surface area contributed by atoms with Gasteiger partial charge in [0.15, 0.2) is 0 Å². The molecule has 2 N–H and O–H groups in total. The molecule has 0 aromatic heterocycles. The smallest absolute Gasteiger partial charge is 0.242 e. The van der Waals surface area contributed by atoms with Gasteiger partial charge in [-0.3, -0.25) is 4.79 Å². The van der Waals surface area contributed by atoms with Crippen LogP contribution >= 0.6 is 0 Å². The zero-order chi connectivity index (χ0) is 14.0. The molecule has 2 rings (SSSR count). The van der Waals surface area contributed by atoms with Crippen molar-refractivity contribution < 1.29 is 14.3 Å². The van der Waals surface area contributed by atoms with Crippen LogP contribution in [-0.4, -0.2) is 30.1 Å². The third-order valence-electron chi connectivity index (χ3n) is 3.47. The Kier molecular flexibility index (Phi) is 4.04. The molecule has 1 aliphatic heterocycles. The van der Waals surface area contributed by atoms with Gasteiger partial charge in [-0.1, -0.05) is 13.0 Å². The number of halogens is 1. The van der Waals surface area contributed by atoms with Crippen LogP contribution in [0, 0.1) is 5.82 Å². The number of nitrogens with zero attached hydrogens (tertiary/aromatic N) is 1. The average Bonchev–Trinajstić information content (AvgIpc) is 2.37. The minimum Gasteiger partial charge on any atom is -0.389 e. The summed E-state index contributed by atoms with van der Waals surface area (Å²) in [4.78, 5) is 13.7. The number of benzene rings is 1. The summed E-state index contributed by atoms with van der Waals surface area (Å²) in [5.74, 6) is -0.483. The van der Waals surface area contributed by atoms with Gasteiger partial charge in [0, 0.05) is 24.3 Å². The van der Waals surface area contributed by atoms with Gasteiger partial charge in [-0.25, -0.2) is 4.39 Å². The van der Waals surface area contributed by atoms with Crippen LogP contribution in [0.2, 0.25) is 0 Å². The molecule has 1 aromatic carbocycles. The molecule has 5 heteroatoms. The molecule has 0 bridgehead atoms. The molecule has 0 aliphatic carbocycles. The van der Waals surface area contributed by atoms with Crippen molar-refractivity contribution >= 4 is 11.6 Å². The number of hydrogen-bond donors (Lipinski definition) is 2. The first-order valence-corrected chi connectivity index (χ1v) is 6.57. The number of anilines is 1. The van der Waals surface area contributed by atoms with E-state index in [0.29, 0.717) is 25.2 Å². The first kappa shape index (κ1) is 13.8. The Labute approximate surface area is 112 Å². The van der Waals surface area contributed by atoms with E-state index in [-0.39, 0.29) is 17.5 Å². The molecule has 4 nitrogen and oxygen atoms in total. The molecule has 1 aromatic rings. The van der Waals surface area contributed by atoms with Gasteiger partial charge in [-0.15, -0.1) is 0 Å². The summed E-state index contributed by atoms with van der Waals surface area (Å²) in [6.07, 6.45) is -0.264. The number of carbonyl (C=O) groups excluding carboxylic acids is 1. The Morgan fingerprint density at radius 3 is 2.95 bits per heavy atom. The topological polar surface area (TPSA) is 52.6 Å². The largest absolute Gasteiger partial charge is 0.389 e. The number of aliphatic hydroxyl groups excluding tert-OH is 1. The molecule has 1 unspecified atom stereocenters. The fourth-order valence-corrected chi connectivity index (χ4v) is 2.60. The number of nitrogens with one attached hydrogen (secondary N) is 1. The lowest BCUT2D eigenvalue weighted by Gasteiger charge is -2.37. The Hall–Kier alpha value is -1.62. The highest BCUT2D eigenvalue weighted by atomic mass is 19.1. The van der Waals surface area contributed by atoms with E-state index in [1.54, 1.807) is 12.1 Å². The van der Waals surface area contributed by atoms with Gasteiger partial charge in [0.05, 0.1) is 6.10 Å². The molecule has 1 fully saturated rings. The Bertz CT molecular complexity index is 477. The summed E-state index contributed by atoms with van der Waals surface area (Å²) >= 11 is 0. The molecule has 0 radical (unpaired) electrons. The predicted octanol–water partition coefficient (Wildman–Crippen LogP) is 1.59. The van der Waals surface area contributed by atoms with Crippen molar-refractivity contribution in [3.05, 3.63) is 29.6 Å². The third-order valence-corrected chi connectivity index (χ3v) is 3.47. The zero-order valence-corrected chi connectivity index (χ0v) is 11.2. The third kappa shape index (κ3) is 2.56. The van der Waals surface area contributed by atoms with Gasteiger partial charge >= 0.3 is 0 Å². The monoisotopic (exact) mass is 266 g/mol. The zero-order valence-electron chi connectivity index (χ0n) is 11.2. The van der Waals surface area contributed by atoms with Crippen molar-refractivity contribution in [2.75, 3.05) is 18.0 Å². The molecule has 1 saturated heterocycles. The van der Waals surface area contributed by atoms with Gasteiger partial charge in [0.1, 0.15) is 11.9 Å². The van der Waals surface area contributed by atoms with Crippen LogP contribution in [0.15, 0.2) is 18.2 Å². The highest BCUT2D eigenvalue weighted by Gasteiger charge is 2.30. The first-order valence-electron chi connectivity index (χ1n) is 6.57. The second-order valence-electron chi connectivity index (χ2n) is 4.76. The number of aliphatic hydroxyl groups is 1. The van der Waals surface area contributed by atoms with Crippen LogP contribution in [0.25, 0.3) is 0 Å². The van der Waals surface area contributed by atoms with Crippen molar-refractivity contribution in [1.29, 1.82) is 0 Å². The number of hydrogen-bond acceptors (Lipinski definition) is 3. The van der Waals surface area contributed by atoms with Crippen molar-refractivity contribution in [1.82, 2.24) is 5.32 Å². The molecule has 1 amide bonds. The van der Waals surface area contributed by atoms with Gasteiger partial charge < -0.3 is 15.3 Å². The quantitative estimate of drug-likeness (QED) is 0.873. The molecule has 0 spiro atoms. The molecule has 2 atom stereocenters. The van der Waals surface area contributed by atoms with Crippen molar-refractivity contribution in [2.24, 2.45) is 0 Å². The normalized spacial score (nSPS) is 21.2. The van der Waals surface area contributed by atoms with Crippen LogP contribution < -0.4 is 10.2 Å². The maximum Gasteiger partial charge on any atom is 0.242 e. The van der Waals surface area contributed by atoms with Gasteiger partial charge in [0.25, 0.3) is 0 Å². The van der Waals surface area contributed by atoms with Crippen molar-refractivity contribution in [2.45, 2.75) is 32.4 Å². The highest BCUT2D eigenvalue weighted by Crippen LogP contribution is 2.31. The van der Waals surface area contributed by atoms with Gasteiger partial charge in [-0.05, 0) is 25.5 Å². The van der Waals surface area contributed by atoms with Gasteiger partial charge in [-0.2, -0.15) is 0 Å². The number of amides is 1. The van der Waals surface area contributed by atoms with E-state index in [1.165, 1.54) is 13.0 Å². The van der Waals surface area contributed by atoms with E-state index < -0.39 is 11.9 Å². The average molecular weight is 266 g/mol. The lowest BCUT2D eigenvalue weighted by Crippen LogP contribution is -2.55. The van der Waals surface area contributed by atoms with E-state index >= 15 is 0 Å². The first-order chi connectivity index (χ1) is 9.06. The Balaban J connectivity index is 2.45. The van der Waals surface area contributed by atoms with E-state index in [0.717, 1.165) is 0 Å². The van der Waals surface area contributed by atoms with E-state index in [1.807, 2.05) is 11.8 Å². The maximum absolute atomic E-state index is 13.9. The molecular formula is C14H19FN2O2. The Morgan fingerprint density at radius 1 is 1.58 bits per heavy atom. The summed E-state index contributed by atoms with van der Waals surface area (Å²) in [7, 11) is 0. The van der Waals surface area contributed by atoms with Crippen LogP contribution in [0.4, 0.5) is 10.1 Å². The maximum atomic E-state index is 13.9. The molecule has 19 heavy (non-hydrogen) atoms. The van der Waals surface area contributed by atoms with Crippen LogP contribution in [0.3, 0.4) is 0 Å². The van der Waals surface area contributed by atoms with Crippen LogP contribution in [0.1, 0.15) is 31.9 Å². The van der Waals surface area contributed by atoms with Gasteiger partial charge in [0.2, 0.25) is 5.91 Å². The fraction of sp³-hybridized carbons (Fsp3) is 0.500. The number of carbonyl (C=O) groups is 1. The second kappa shape index (κ2) is 5.57. The standard InChI is InChI=1S/C14H19FN2O2/c1-3-11-14(19)16-7-8-17(11)12-6-4-5-10(15)13(12)9(2)18/h4-6,9,11,18H,3,7-8H2,1-2H3,(H,16,19)/t9-,11?/m1/s1. The summed E-state index contributed by atoms with van der Waals surface area (Å²) in [5, 5.41) is 12.6. The minimum atomic E-state index is -0.904. The van der Waals surface area contributed by atoms with E-state index in [2.05, 4.69) is 5.32 Å².